The fourth-order valence-electron chi connectivity index (χ4n) is 3.66. The number of amides is 1. The third-order valence-electron chi connectivity index (χ3n) is 5.08. The zero-order valence-electron chi connectivity index (χ0n) is 16.2. The second kappa shape index (κ2) is 9.17. The maximum Gasteiger partial charge on any atom is 0.306 e. The molecule has 1 saturated carbocycles. The lowest BCUT2D eigenvalue weighted by molar-refractivity contribution is -0.147. The van der Waals surface area contributed by atoms with Gasteiger partial charge in [0, 0.05) is 12.5 Å². The number of nitrogens with zero attached hydrogens (tertiary/aromatic N) is 3. The Hall–Kier alpha value is -2.74. The van der Waals surface area contributed by atoms with E-state index in [-0.39, 0.29) is 24.9 Å². The lowest BCUT2D eigenvalue weighted by Crippen LogP contribution is -2.23. The molecule has 152 valence electrons. The fourth-order valence-corrected chi connectivity index (χ4v) is 4.67. The SMILES string of the molecule is O=C(COC(=O)CCCc1nc2ccccc2s1)Nc1ccnn1C1CCCC1. The summed E-state index contributed by atoms with van der Waals surface area (Å²) in [5, 5.41) is 8.13. The van der Waals surface area contributed by atoms with Gasteiger partial charge in [0.25, 0.3) is 5.91 Å². The Bertz CT molecular complexity index is 958. The summed E-state index contributed by atoms with van der Waals surface area (Å²) < 4.78 is 8.13. The number of carbonyl (C=O) groups is 2. The molecule has 1 aromatic carbocycles. The number of carbonyl (C=O) groups excluding carboxylic acids is 2. The van der Waals surface area contributed by atoms with Crippen molar-refractivity contribution in [2.75, 3.05) is 11.9 Å². The molecule has 1 amide bonds. The maximum atomic E-state index is 12.1. The number of hydrogen-bond donors (Lipinski definition) is 1. The zero-order valence-corrected chi connectivity index (χ0v) is 17.0. The lowest BCUT2D eigenvalue weighted by atomic mass is 10.2. The highest BCUT2D eigenvalue weighted by atomic mass is 32.1. The zero-order chi connectivity index (χ0) is 20.1. The Morgan fingerprint density at radius 1 is 1.21 bits per heavy atom. The summed E-state index contributed by atoms with van der Waals surface area (Å²) in [6, 6.07) is 10.1. The maximum absolute atomic E-state index is 12.1. The van der Waals surface area contributed by atoms with Crippen LogP contribution in [0.25, 0.3) is 10.2 Å². The molecule has 7 nitrogen and oxygen atoms in total. The van der Waals surface area contributed by atoms with Gasteiger partial charge in [0.05, 0.1) is 27.5 Å². The van der Waals surface area contributed by atoms with Gasteiger partial charge in [-0.1, -0.05) is 25.0 Å². The number of aromatic nitrogens is 3. The Balaban J connectivity index is 1.18. The van der Waals surface area contributed by atoms with Gasteiger partial charge >= 0.3 is 5.97 Å². The molecule has 1 aliphatic carbocycles. The molecular formula is C21H24N4O3S. The molecular weight excluding hydrogens is 388 g/mol. The van der Waals surface area contributed by atoms with Crippen molar-refractivity contribution in [1.29, 1.82) is 0 Å². The van der Waals surface area contributed by atoms with Crippen LogP contribution in [0.5, 0.6) is 0 Å². The molecule has 8 heteroatoms. The second-order valence-electron chi connectivity index (χ2n) is 7.24. The number of para-hydroxylation sites is 1. The Morgan fingerprint density at radius 2 is 2.03 bits per heavy atom. The van der Waals surface area contributed by atoms with E-state index in [0.29, 0.717) is 18.3 Å². The first-order chi connectivity index (χ1) is 14.2. The molecule has 1 N–H and O–H groups in total. The summed E-state index contributed by atoms with van der Waals surface area (Å²) in [6.07, 6.45) is 7.85. The number of aryl methyl sites for hydroxylation is 1. The predicted octanol–water partition coefficient (Wildman–Crippen LogP) is 4.11. The van der Waals surface area contributed by atoms with Crippen LogP contribution in [0.15, 0.2) is 36.5 Å². The number of anilines is 1. The topological polar surface area (TPSA) is 86.1 Å². The minimum atomic E-state index is -0.370. The van der Waals surface area contributed by atoms with Gasteiger partial charge in [0.2, 0.25) is 0 Å². The van der Waals surface area contributed by atoms with Crippen molar-refractivity contribution in [1.82, 2.24) is 14.8 Å². The van der Waals surface area contributed by atoms with E-state index in [4.69, 9.17) is 4.74 Å². The first-order valence-electron chi connectivity index (χ1n) is 10.0. The highest BCUT2D eigenvalue weighted by Gasteiger charge is 2.20. The third-order valence-corrected chi connectivity index (χ3v) is 6.18. The highest BCUT2D eigenvalue weighted by molar-refractivity contribution is 7.18. The molecule has 0 bridgehead atoms. The van der Waals surface area contributed by atoms with Crippen LogP contribution in [0.3, 0.4) is 0 Å². The average molecular weight is 413 g/mol. The number of thiazole rings is 1. The van der Waals surface area contributed by atoms with E-state index in [1.807, 2.05) is 28.9 Å². The van der Waals surface area contributed by atoms with E-state index >= 15 is 0 Å². The number of rotatable bonds is 8. The van der Waals surface area contributed by atoms with Crippen LogP contribution in [0.2, 0.25) is 0 Å². The van der Waals surface area contributed by atoms with E-state index < -0.39 is 0 Å². The normalized spacial score (nSPS) is 14.3. The highest BCUT2D eigenvalue weighted by Crippen LogP contribution is 2.31. The minimum absolute atomic E-state index is 0.267. The molecule has 2 aromatic heterocycles. The van der Waals surface area contributed by atoms with E-state index in [1.54, 1.807) is 23.6 Å². The molecule has 0 aliphatic heterocycles. The van der Waals surface area contributed by atoms with Gasteiger partial charge in [-0.3, -0.25) is 9.59 Å². The van der Waals surface area contributed by atoms with E-state index in [0.717, 1.165) is 34.5 Å². The van der Waals surface area contributed by atoms with Crippen LogP contribution in [0.1, 0.15) is 49.6 Å². The molecule has 0 unspecified atom stereocenters. The number of ether oxygens (including phenoxy) is 1. The van der Waals surface area contributed by atoms with Crippen LogP contribution >= 0.6 is 11.3 Å². The lowest BCUT2D eigenvalue weighted by Gasteiger charge is -2.14. The summed E-state index contributed by atoms with van der Waals surface area (Å²) in [5.74, 6) is -0.0522. The predicted molar refractivity (Wildman–Crippen MR) is 112 cm³/mol. The molecule has 0 atom stereocenters. The number of benzene rings is 1. The van der Waals surface area contributed by atoms with E-state index in [9.17, 15) is 9.59 Å². The van der Waals surface area contributed by atoms with Crippen molar-refractivity contribution in [2.45, 2.75) is 51.0 Å². The molecule has 1 aliphatic rings. The molecule has 0 radical (unpaired) electrons. The Kier molecular flexibility index (Phi) is 6.19. The quantitative estimate of drug-likeness (QED) is 0.563. The van der Waals surface area contributed by atoms with Crippen LogP contribution in [-0.2, 0) is 20.7 Å². The first-order valence-corrected chi connectivity index (χ1v) is 10.8. The number of nitrogens with one attached hydrogen (secondary N) is 1. The van der Waals surface area contributed by atoms with Crippen molar-refractivity contribution in [3.8, 4) is 0 Å². The molecule has 0 spiro atoms. The van der Waals surface area contributed by atoms with Crippen molar-refractivity contribution >= 4 is 39.2 Å². The van der Waals surface area contributed by atoms with Crippen molar-refractivity contribution < 1.29 is 14.3 Å². The first kappa shape index (κ1) is 19.6. The van der Waals surface area contributed by atoms with Gasteiger partial charge in [0.15, 0.2) is 6.61 Å². The van der Waals surface area contributed by atoms with Crippen LogP contribution in [0.4, 0.5) is 5.82 Å². The van der Waals surface area contributed by atoms with E-state index in [1.165, 1.54) is 12.8 Å². The summed E-state index contributed by atoms with van der Waals surface area (Å²) in [7, 11) is 0. The number of esters is 1. The fraction of sp³-hybridized carbons (Fsp3) is 0.429. The second-order valence-corrected chi connectivity index (χ2v) is 8.35. The van der Waals surface area contributed by atoms with Gasteiger partial charge in [-0.2, -0.15) is 5.10 Å². The van der Waals surface area contributed by atoms with Crippen LogP contribution < -0.4 is 5.32 Å². The number of fused-ring (bicyclic) bond motifs is 1. The van der Waals surface area contributed by atoms with Gasteiger partial charge in [0.1, 0.15) is 5.82 Å². The monoisotopic (exact) mass is 412 g/mol. The summed E-state index contributed by atoms with van der Waals surface area (Å²) in [6.45, 7) is -0.282. The van der Waals surface area contributed by atoms with E-state index in [2.05, 4.69) is 15.4 Å². The Labute approximate surface area is 173 Å². The average Bonchev–Trinajstić information content (AvgIpc) is 3.46. The summed E-state index contributed by atoms with van der Waals surface area (Å²) in [4.78, 5) is 28.7. The third kappa shape index (κ3) is 5.00. The molecule has 4 rings (SSSR count). The molecule has 29 heavy (non-hydrogen) atoms. The largest absolute Gasteiger partial charge is 0.456 e. The van der Waals surface area contributed by atoms with Crippen LogP contribution in [0, 0.1) is 0 Å². The van der Waals surface area contributed by atoms with Gasteiger partial charge in [-0.15, -0.1) is 11.3 Å². The Morgan fingerprint density at radius 3 is 2.86 bits per heavy atom. The van der Waals surface area contributed by atoms with Crippen LogP contribution in [-0.4, -0.2) is 33.2 Å². The van der Waals surface area contributed by atoms with Gasteiger partial charge in [-0.25, -0.2) is 9.67 Å². The number of hydrogen-bond acceptors (Lipinski definition) is 6. The summed E-state index contributed by atoms with van der Waals surface area (Å²) in [5.41, 5.74) is 0.989. The van der Waals surface area contributed by atoms with Gasteiger partial charge < -0.3 is 10.1 Å². The van der Waals surface area contributed by atoms with Gasteiger partial charge in [-0.05, 0) is 37.8 Å². The smallest absolute Gasteiger partial charge is 0.306 e. The van der Waals surface area contributed by atoms with Crippen molar-refractivity contribution in [2.24, 2.45) is 0 Å². The molecule has 1 fully saturated rings. The molecule has 2 heterocycles. The van der Waals surface area contributed by atoms with Crippen molar-refractivity contribution in [3.05, 3.63) is 41.5 Å². The standard InChI is InChI=1S/C21H24N4O3S/c26-19(24-18-12-13-22-25(18)15-6-1-2-7-15)14-28-21(27)11-5-10-20-23-16-8-3-4-9-17(16)29-20/h3-4,8-9,12-13,15H,1-2,5-7,10-11,14H2,(H,24,26). The molecule has 3 aromatic rings. The van der Waals surface area contributed by atoms with Crippen molar-refractivity contribution in [3.63, 3.8) is 0 Å². The molecule has 0 saturated heterocycles. The summed E-state index contributed by atoms with van der Waals surface area (Å²) >= 11 is 1.65. The minimum Gasteiger partial charge on any atom is -0.456 e.